The van der Waals surface area contributed by atoms with Crippen molar-refractivity contribution in [3.8, 4) is 11.5 Å². The Morgan fingerprint density at radius 3 is 2.53 bits per heavy atom. The molecule has 0 bridgehead atoms. The number of aromatic amines is 1. The average Bonchev–Trinajstić information content (AvgIpc) is 2.68. The summed E-state index contributed by atoms with van der Waals surface area (Å²) in [6.07, 6.45) is 0.666. The number of aldehydes is 1. The molecule has 0 aliphatic heterocycles. The third-order valence-corrected chi connectivity index (χ3v) is 2.12. The highest BCUT2D eigenvalue weighted by Gasteiger charge is 2.09. The molecule has 5 nitrogen and oxygen atoms in total. The molecule has 78 valence electrons. The first kappa shape index (κ1) is 9.51. The van der Waals surface area contributed by atoms with E-state index in [0.29, 0.717) is 29.1 Å². The zero-order chi connectivity index (χ0) is 10.8. The van der Waals surface area contributed by atoms with Crippen LogP contribution in [0, 0.1) is 0 Å². The summed E-state index contributed by atoms with van der Waals surface area (Å²) in [6, 6.07) is 3.46. The van der Waals surface area contributed by atoms with Crippen LogP contribution in [0.1, 0.15) is 10.6 Å². The highest BCUT2D eigenvalue weighted by atomic mass is 16.5. The van der Waals surface area contributed by atoms with Crippen LogP contribution in [0.5, 0.6) is 11.5 Å². The molecular formula is C10H10N2O3. The number of hydrogen-bond acceptors (Lipinski definition) is 4. The zero-order valence-electron chi connectivity index (χ0n) is 8.40. The van der Waals surface area contributed by atoms with Crippen molar-refractivity contribution in [2.45, 2.75) is 0 Å². The van der Waals surface area contributed by atoms with E-state index in [2.05, 4.69) is 9.97 Å². The quantitative estimate of drug-likeness (QED) is 0.771. The standard InChI is InChI=1S/C10H10N2O3/c1-14-8-3-6-7(4-9(8)15-2)12-10(5-13)11-6/h3-5H,1-2H3,(H,11,12). The van der Waals surface area contributed by atoms with E-state index >= 15 is 0 Å². The number of ether oxygens (including phenoxy) is 2. The second-order valence-corrected chi connectivity index (χ2v) is 2.96. The van der Waals surface area contributed by atoms with Crippen LogP contribution in [-0.2, 0) is 0 Å². The van der Waals surface area contributed by atoms with E-state index in [1.54, 1.807) is 26.4 Å². The lowest BCUT2D eigenvalue weighted by molar-refractivity contribution is 0.111. The molecule has 1 aromatic heterocycles. The van der Waals surface area contributed by atoms with E-state index in [-0.39, 0.29) is 0 Å². The molecule has 0 saturated carbocycles. The molecule has 1 N–H and O–H groups in total. The van der Waals surface area contributed by atoms with Gasteiger partial charge in [-0.3, -0.25) is 4.79 Å². The number of H-pyrrole nitrogens is 1. The number of benzene rings is 1. The van der Waals surface area contributed by atoms with Crippen molar-refractivity contribution in [1.82, 2.24) is 9.97 Å². The van der Waals surface area contributed by atoms with E-state index in [1.165, 1.54) is 0 Å². The molecule has 2 aromatic rings. The minimum atomic E-state index is 0.292. The second-order valence-electron chi connectivity index (χ2n) is 2.96. The molecule has 0 radical (unpaired) electrons. The van der Waals surface area contributed by atoms with E-state index < -0.39 is 0 Å². The van der Waals surface area contributed by atoms with Gasteiger partial charge in [0.25, 0.3) is 0 Å². The van der Waals surface area contributed by atoms with Gasteiger partial charge in [0.2, 0.25) is 0 Å². The molecule has 0 spiro atoms. The van der Waals surface area contributed by atoms with Crippen molar-refractivity contribution < 1.29 is 14.3 Å². The van der Waals surface area contributed by atoms with Gasteiger partial charge in [-0.1, -0.05) is 0 Å². The molecule has 0 saturated heterocycles. The Morgan fingerprint density at radius 2 is 1.93 bits per heavy atom. The highest BCUT2D eigenvalue weighted by molar-refractivity contribution is 5.84. The molecule has 0 unspecified atom stereocenters. The number of nitrogens with zero attached hydrogens (tertiary/aromatic N) is 1. The molecule has 0 aliphatic rings. The normalized spacial score (nSPS) is 10.3. The maximum atomic E-state index is 10.5. The minimum Gasteiger partial charge on any atom is -0.493 e. The summed E-state index contributed by atoms with van der Waals surface area (Å²) in [5, 5.41) is 0. The number of rotatable bonds is 3. The topological polar surface area (TPSA) is 64.2 Å². The smallest absolute Gasteiger partial charge is 0.185 e. The summed E-state index contributed by atoms with van der Waals surface area (Å²) >= 11 is 0. The predicted molar refractivity (Wildman–Crippen MR) is 54.6 cm³/mol. The average molecular weight is 206 g/mol. The Labute approximate surface area is 86.0 Å². The first-order chi connectivity index (χ1) is 7.28. The molecule has 0 fully saturated rings. The van der Waals surface area contributed by atoms with Gasteiger partial charge in [0.05, 0.1) is 25.3 Å². The number of carbonyl (C=O) groups is 1. The van der Waals surface area contributed by atoms with Crippen LogP contribution in [0.15, 0.2) is 12.1 Å². The van der Waals surface area contributed by atoms with Crippen LogP contribution < -0.4 is 9.47 Å². The monoisotopic (exact) mass is 206 g/mol. The first-order valence-electron chi connectivity index (χ1n) is 4.35. The van der Waals surface area contributed by atoms with E-state index in [9.17, 15) is 4.79 Å². The van der Waals surface area contributed by atoms with Gasteiger partial charge < -0.3 is 14.5 Å². The summed E-state index contributed by atoms with van der Waals surface area (Å²) < 4.78 is 10.2. The fourth-order valence-corrected chi connectivity index (χ4v) is 1.41. The molecule has 5 heteroatoms. The Bertz CT molecular complexity index is 464. The van der Waals surface area contributed by atoms with Crippen molar-refractivity contribution in [3.05, 3.63) is 18.0 Å². The van der Waals surface area contributed by atoms with Gasteiger partial charge in [-0.05, 0) is 0 Å². The lowest BCUT2D eigenvalue weighted by Crippen LogP contribution is -1.89. The Kier molecular flexibility index (Phi) is 2.29. The summed E-state index contributed by atoms with van der Waals surface area (Å²) in [6.45, 7) is 0. The van der Waals surface area contributed by atoms with Crippen molar-refractivity contribution >= 4 is 17.3 Å². The Balaban J connectivity index is 2.66. The van der Waals surface area contributed by atoms with Crippen LogP contribution >= 0.6 is 0 Å². The van der Waals surface area contributed by atoms with Crippen LogP contribution in [-0.4, -0.2) is 30.5 Å². The molecule has 0 atom stereocenters. The summed E-state index contributed by atoms with van der Waals surface area (Å²) in [5.74, 6) is 1.49. The summed E-state index contributed by atoms with van der Waals surface area (Å²) in [7, 11) is 3.11. The lowest BCUT2D eigenvalue weighted by atomic mass is 10.3. The van der Waals surface area contributed by atoms with Gasteiger partial charge in [-0.25, -0.2) is 4.98 Å². The maximum Gasteiger partial charge on any atom is 0.185 e. The van der Waals surface area contributed by atoms with Gasteiger partial charge >= 0.3 is 0 Å². The van der Waals surface area contributed by atoms with E-state index in [1.807, 2.05) is 0 Å². The predicted octanol–water partition coefficient (Wildman–Crippen LogP) is 1.39. The number of nitrogens with one attached hydrogen (secondary N) is 1. The molecular weight excluding hydrogens is 196 g/mol. The van der Waals surface area contributed by atoms with Crippen molar-refractivity contribution in [1.29, 1.82) is 0 Å². The van der Waals surface area contributed by atoms with Crippen LogP contribution in [0.3, 0.4) is 0 Å². The molecule has 2 rings (SSSR count). The van der Waals surface area contributed by atoms with Gasteiger partial charge in [-0.2, -0.15) is 0 Å². The van der Waals surface area contributed by atoms with E-state index in [0.717, 1.165) is 5.52 Å². The van der Waals surface area contributed by atoms with Crippen molar-refractivity contribution in [2.24, 2.45) is 0 Å². The van der Waals surface area contributed by atoms with E-state index in [4.69, 9.17) is 9.47 Å². The van der Waals surface area contributed by atoms with Crippen molar-refractivity contribution in [2.75, 3.05) is 14.2 Å². The SMILES string of the molecule is COc1cc2nc(C=O)[nH]c2cc1OC. The van der Waals surface area contributed by atoms with Crippen molar-refractivity contribution in [3.63, 3.8) is 0 Å². The second kappa shape index (κ2) is 3.61. The van der Waals surface area contributed by atoms with Gasteiger partial charge in [0, 0.05) is 12.1 Å². The molecule has 1 heterocycles. The third-order valence-electron chi connectivity index (χ3n) is 2.12. The number of carbonyl (C=O) groups excluding carboxylic acids is 1. The number of aromatic nitrogens is 2. The highest BCUT2D eigenvalue weighted by Crippen LogP contribution is 2.30. The fraction of sp³-hybridized carbons (Fsp3) is 0.200. The van der Waals surface area contributed by atoms with Crippen LogP contribution in [0.25, 0.3) is 11.0 Å². The summed E-state index contributed by atoms with van der Waals surface area (Å²) in [5.41, 5.74) is 1.42. The maximum absolute atomic E-state index is 10.5. The zero-order valence-corrected chi connectivity index (χ0v) is 8.40. The van der Waals surface area contributed by atoms with Crippen LogP contribution in [0.4, 0.5) is 0 Å². The van der Waals surface area contributed by atoms with Gasteiger partial charge in [-0.15, -0.1) is 0 Å². The molecule has 1 aromatic carbocycles. The number of methoxy groups -OCH3 is 2. The largest absolute Gasteiger partial charge is 0.493 e. The lowest BCUT2D eigenvalue weighted by Gasteiger charge is -2.06. The minimum absolute atomic E-state index is 0.292. The fourth-order valence-electron chi connectivity index (χ4n) is 1.41. The Morgan fingerprint density at radius 1 is 1.27 bits per heavy atom. The number of fused-ring (bicyclic) bond motifs is 1. The number of imidazole rings is 1. The van der Waals surface area contributed by atoms with Gasteiger partial charge in [0.1, 0.15) is 0 Å². The first-order valence-corrected chi connectivity index (χ1v) is 4.35. The third kappa shape index (κ3) is 1.52. The van der Waals surface area contributed by atoms with Crippen LogP contribution in [0.2, 0.25) is 0 Å². The van der Waals surface area contributed by atoms with Gasteiger partial charge in [0.15, 0.2) is 23.6 Å². The number of hydrogen-bond donors (Lipinski definition) is 1. The summed E-state index contributed by atoms with van der Waals surface area (Å²) in [4.78, 5) is 17.4. The molecule has 0 amide bonds. The Hall–Kier alpha value is -2.04. The molecule has 15 heavy (non-hydrogen) atoms. The molecule has 0 aliphatic carbocycles.